The Hall–Kier alpha value is -2.57. The Balaban J connectivity index is 2.31. The number of carbonyl (C=O) groups is 3. The number of aryl methyl sites for hydroxylation is 1. The lowest BCUT2D eigenvalue weighted by Crippen LogP contribution is -2.36. The maximum absolute atomic E-state index is 12.3. The molecule has 7 nitrogen and oxygen atoms in total. The van der Waals surface area contributed by atoms with E-state index in [0.29, 0.717) is 6.04 Å². The number of nitrogens with one attached hydrogen (secondary N) is 1. The van der Waals surface area contributed by atoms with E-state index >= 15 is 0 Å². The molecule has 1 fully saturated rings. The largest absolute Gasteiger partial charge is 0.468 e. The first kappa shape index (κ1) is 16.8. The van der Waals surface area contributed by atoms with E-state index in [9.17, 15) is 14.4 Å². The van der Waals surface area contributed by atoms with Crippen molar-refractivity contribution in [3.05, 3.63) is 28.7 Å². The smallest absolute Gasteiger partial charge is 0.329 e. The number of carbonyl (C=O) groups excluding carboxylic acids is 3. The average molecular weight is 319 g/mol. The monoisotopic (exact) mass is 319 g/mol. The fourth-order valence-electron chi connectivity index (χ4n) is 2.81. The van der Waals surface area contributed by atoms with Gasteiger partial charge in [-0.2, -0.15) is 0 Å². The summed E-state index contributed by atoms with van der Waals surface area (Å²) in [6.45, 7) is 7.72. The number of nitrogens with zero attached hydrogens (tertiary/aromatic N) is 2. The van der Waals surface area contributed by atoms with Crippen LogP contribution in [-0.4, -0.2) is 41.0 Å². The first-order valence-electron chi connectivity index (χ1n) is 7.36. The summed E-state index contributed by atoms with van der Waals surface area (Å²) in [7, 11) is 1.21. The number of amides is 3. The number of hydrogen-bond acceptors (Lipinski definition) is 4. The number of esters is 1. The fraction of sp³-hybridized carbons (Fsp3) is 0.438. The SMILES string of the molecule is COC(=O)CN1C(=O)NC(=Cc2cc(C)n(C(C)C)c2C)C1=O. The van der Waals surface area contributed by atoms with Crippen LogP contribution in [0.4, 0.5) is 4.79 Å². The van der Waals surface area contributed by atoms with Gasteiger partial charge in [-0.3, -0.25) is 9.59 Å². The molecule has 0 saturated carbocycles. The number of imide groups is 1. The highest BCUT2D eigenvalue weighted by molar-refractivity contribution is 6.15. The van der Waals surface area contributed by atoms with Gasteiger partial charge in [-0.1, -0.05) is 0 Å². The lowest BCUT2D eigenvalue weighted by Gasteiger charge is -2.13. The van der Waals surface area contributed by atoms with Crippen molar-refractivity contribution in [2.75, 3.05) is 13.7 Å². The van der Waals surface area contributed by atoms with Crippen LogP contribution in [0.2, 0.25) is 0 Å². The zero-order valence-electron chi connectivity index (χ0n) is 14.0. The molecule has 124 valence electrons. The van der Waals surface area contributed by atoms with Crippen LogP contribution in [0.3, 0.4) is 0 Å². The number of methoxy groups -OCH3 is 1. The molecule has 1 aliphatic heterocycles. The summed E-state index contributed by atoms with van der Waals surface area (Å²) < 4.78 is 6.64. The highest BCUT2D eigenvalue weighted by atomic mass is 16.5. The molecule has 0 spiro atoms. The second-order valence-electron chi connectivity index (χ2n) is 5.75. The maximum atomic E-state index is 12.3. The van der Waals surface area contributed by atoms with Crippen molar-refractivity contribution in [3.8, 4) is 0 Å². The van der Waals surface area contributed by atoms with Gasteiger partial charge < -0.3 is 14.6 Å². The molecule has 1 aromatic rings. The second kappa shape index (κ2) is 6.28. The molecule has 0 bridgehead atoms. The minimum Gasteiger partial charge on any atom is -0.468 e. The Morgan fingerprint density at radius 2 is 2.00 bits per heavy atom. The molecule has 2 heterocycles. The summed E-state index contributed by atoms with van der Waals surface area (Å²) in [4.78, 5) is 36.2. The lowest BCUT2D eigenvalue weighted by molar-refractivity contribution is -0.143. The van der Waals surface area contributed by atoms with Crippen molar-refractivity contribution in [1.29, 1.82) is 0 Å². The number of hydrogen-bond donors (Lipinski definition) is 1. The van der Waals surface area contributed by atoms with E-state index in [1.165, 1.54) is 7.11 Å². The predicted molar refractivity (Wildman–Crippen MR) is 84.5 cm³/mol. The summed E-state index contributed by atoms with van der Waals surface area (Å²) >= 11 is 0. The molecule has 23 heavy (non-hydrogen) atoms. The van der Waals surface area contributed by atoms with Gasteiger partial charge in [-0.25, -0.2) is 9.69 Å². The second-order valence-corrected chi connectivity index (χ2v) is 5.75. The molecule has 3 amide bonds. The van der Waals surface area contributed by atoms with Crippen LogP contribution in [0, 0.1) is 13.8 Å². The van der Waals surface area contributed by atoms with E-state index < -0.39 is 24.5 Å². The highest BCUT2D eigenvalue weighted by Gasteiger charge is 2.35. The fourth-order valence-corrected chi connectivity index (χ4v) is 2.81. The summed E-state index contributed by atoms with van der Waals surface area (Å²) in [6, 6.07) is 1.64. The summed E-state index contributed by atoms with van der Waals surface area (Å²) in [5.41, 5.74) is 3.11. The van der Waals surface area contributed by atoms with Crippen LogP contribution in [0.15, 0.2) is 11.8 Å². The lowest BCUT2D eigenvalue weighted by atomic mass is 10.2. The van der Waals surface area contributed by atoms with E-state index in [-0.39, 0.29) is 5.70 Å². The van der Waals surface area contributed by atoms with Crippen LogP contribution < -0.4 is 5.32 Å². The molecular formula is C16H21N3O4. The van der Waals surface area contributed by atoms with Gasteiger partial charge in [0.05, 0.1) is 7.11 Å². The first-order valence-corrected chi connectivity index (χ1v) is 7.36. The van der Waals surface area contributed by atoms with Crippen molar-refractivity contribution in [3.63, 3.8) is 0 Å². The Labute approximate surface area is 134 Å². The Kier molecular flexibility index (Phi) is 4.58. The van der Waals surface area contributed by atoms with Gasteiger partial charge in [0.2, 0.25) is 0 Å². The summed E-state index contributed by atoms with van der Waals surface area (Å²) in [6.07, 6.45) is 1.64. The van der Waals surface area contributed by atoms with Gasteiger partial charge in [0.15, 0.2) is 0 Å². The van der Waals surface area contributed by atoms with Crippen LogP contribution in [0.25, 0.3) is 6.08 Å². The van der Waals surface area contributed by atoms with Crippen LogP contribution in [0.1, 0.15) is 36.8 Å². The normalized spacial score (nSPS) is 16.4. The topological polar surface area (TPSA) is 80.6 Å². The van der Waals surface area contributed by atoms with Gasteiger partial charge in [-0.15, -0.1) is 0 Å². The van der Waals surface area contributed by atoms with E-state index in [4.69, 9.17) is 0 Å². The third-order valence-electron chi connectivity index (χ3n) is 3.82. The molecule has 7 heteroatoms. The number of urea groups is 1. The predicted octanol–water partition coefficient (Wildman–Crippen LogP) is 1.75. The van der Waals surface area contributed by atoms with Crippen molar-refractivity contribution in [2.45, 2.75) is 33.7 Å². The minimum absolute atomic E-state index is 0.155. The number of rotatable bonds is 4. The first-order chi connectivity index (χ1) is 10.8. The maximum Gasteiger partial charge on any atom is 0.329 e. The average Bonchev–Trinajstić information content (AvgIpc) is 2.90. The molecule has 1 aliphatic rings. The van der Waals surface area contributed by atoms with Crippen LogP contribution in [-0.2, 0) is 14.3 Å². The zero-order chi connectivity index (χ0) is 17.3. The molecule has 0 atom stereocenters. The van der Waals surface area contributed by atoms with Crippen molar-refractivity contribution < 1.29 is 19.1 Å². The van der Waals surface area contributed by atoms with Crippen molar-refractivity contribution in [1.82, 2.24) is 14.8 Å². The molecule has 1 saturated heterocycles. The van der Waals surface area contributed by atoms with Gasteiger partial charge in [0.1, 0.15) is 12.2 Å². The standard InChI is InChI=1S/C16H21N3O4/c1-9(2)19-10(3)6-12(11(19)4)7-13-15(21)18(16(22)17-13)8-14(20)23-5/h6-7,9H,8H2,1-5H3,(H,17,22). The van der Waals surface area contributed by atoms with Crippen LogP contribution >= 0.6 is 0 Å². The molecule has 1 N–H and O–H groups in total. The molecular weight excluding hydrogens is 298 g/mol. The van der Waals surface area contributed by atoms with Gasteiger partial charge in [0.25, 0.3) is 5.91 Å². The van der Waals surface area contributed by atoms with E-state index in [0.717, 1.165) is 21.9 Å². The number of ether oxygens (including phenoxy) is 1. The third kappa shape index (κ3) is 3.13. The molecule has 1 aromatic heterocycles. The Bertz CT molecular complexity index is 700. The van der Waals surface area contributed by atoms with E-state index in [1.54, 1.807) is 6.08 Å². The Morgan fingerprint density at radius 3 is 2.52 bits per heavy atom. The van der Waals surface area contributed by atoms with Gasteiger partial charge >= 0.3 is 12.0 Å². The van der Waals surface area contributed by atoms with E-state index in [1.807, 2.05) is 19.9 Å². The summed E-state index contributed by atoms with van der Waals surface area (Å²) in [5.74, 6) is -1.18. The quantitative estimate of drug-likeness (QED) is 0.521. The zero-order valence-corrected chi connectivity index (χ0v) is 14.0. The minimum atomic E-state index is -0.646. The third-order valence-corrected chi connectivity index (χ3v) is 3.82. The molecule has 0 aliphatic carbocycles. The summed E-state index contributed by atoms with van der Waals surface area (Å²) in [5, 5.41) is 2.50. The molecule has 2 rings (SSSR count). The Morgan fingerprint density at radius 1 is 1.35 bits per heavy atom. The highest BCUT2D eigenvalue weighted by Crippen LogP contribution is 2.23. The molecule has 0 radical (unpaired) electrons. The molecule has 0 unspecified atom stereocenters. The number of aromatic nitrogens is 1. The van der Waals surface area contributed by atoms with E-state index in [2.05, 4.69) is 28.5 Å². The van der Waals surface area contributed by atoms with Gasteiger partial charge in [0, 0.05) is 17.4 Å². The van der Waals surface area contributed by atoms with Crippen molar-refractivity contribution >= 4 is 24.0 Å². The van der Waals surface area contributed by atoms with Crippen LogP contribution in [0.5, 0.6) is 0 Å². The van der Waals surface area contributed by atoms with Gasteiger partial charge in [-0.05, 0) is 45.4 Å². The van der Waals surface area contributed by atoms with Crippen molar-refractivity contribution in [2.24, 2.45) is 0 Å². The molecule has 0 aromatic carbocycles.